The fraction of sp³-hybridized carbons (Fsp3) is 0.364. The summed E-state index contributed by atoms with van der Waals surface area (Å²) in [6, 6.07) is 33.5. The van der Waals surface area contributed by atoms with Crippen LogP contribution in [-0.4, -0.2) is 0 Å². The Bertz CT molecular complexity index is 1770. The van der Waals surface area contributed by atoms with E-state index in [0.717, 1.165) is 41.3 Å². The van der Waals surface area contributed by atoms with Gasteiger partial charge in [-0.05, 0) is 106 Å². The summed E-state index contributed by atoms with van der Waals surface area (Å²) in [7, 11) is 0. The largest absolute Gasteiger partial charge is 0.310 e. The second-order valence-electron chi connectivity index (χ2n) is 16.0. The van der Waals surface area contributed by atoms with E-state index in [-0.39, 0.29) is 16.2 Å². The van der Waals surface area contributed by atoms with Crippen molar-refractivity contribution in [2.75, 3.05) is 9.80 Å². The third-order valence-corrected chi connectivity index (χ3v) is 10.6. The molecule has 0 N–H and O–H groups in total. The molecule has 0 aliphatic rings. The minimum absolute atomic E-state index is 0.0683. The van der Waals surface area contributed by atoms with Crippen LogP contribution in [0.25, 0.3) is 0 Å². The molecule has 0 atom stereocenters. The lowest BCUT2D eigenvalue weighted by molar-refractivity contribution is 0.590. The van der Waals surface area contributed by atoms with Gasteiger partial charge in [-0.15, -0.1) is 11.3 Å². The molecule has 48 heavy (non-hydrogen) atoms. The van der Waals surface area contributed by atoms with Crippen molar-refractivity contribution in [2.24, 2.45) is 0 Å². The van der Waals surface area contributed by atoms with Crippen LogP contribution < -0.4 is 9.80 Å². The molecule has 0 saturated carbocycles. The number of aryl methyl sites for hydroxylation is 1. The Balaban J connectivity index is 1.72. The van der Waals surface area contributed by atoms with Crippen LogP contribution in [0, 0.1) is 0 Å². The van der Waals surface area contributed by atoms with Crippen molar-refractivity contribution in [3.63, 3.8) is 0 Å². The third kappa shape index (κ3) is 7.69. The van der Waals surface area contributed by atoms with Gasteiger partial charge in [0.05, 0.1) is 5.69 Å². The van der Waals surface area contributed by atoms with Crippen LogP contribution in [0.3, 0.4) is 0 Å². The molecule has 4 heteroatoms. The molecule has 5 aromatic rings. The molecule has 0 amide bonds. The molecule has 0 fully saturated rings. The number of rotatable bonds is 8. The van der Waals surface area contributed by atoms with Crippen molar-refractivity contribution < 1.29 is 0 Å². The lowest BCUT2D eigenvalue weighted by Crippen LogP contribution is -2.16. The van der Waals surface area contributed by atoms with E-state index in [0.29, 0.717) is 5.02 Å². The van der Waals surface area contributed by atoms with E-state index in [1.165, 1.54) is 32.8 Å². The summed E-state index contributed by atoms with van der Waals surface area (Å²) < 4.78 is 0. The molecule has 1 aromatic heterocycles. The van der Waals surface area contributed by atoms with Gasteiger partial charge in [0.15, 0.2) is 0 Å². The van der Waals surface area contributed by atoms with Gasteiger partial charge in [-0.2, -0.15) is 0 Å². The fourth-order valence-electron chi connectivity index (χ4n) is 6.30. The van der Waals surface area contributed by atoms with Gasteiger partial charge in [-0.1, -0.05) is 124 Å². The molecule has 0 aliphatic heterocycles. The number of hydrogen-bond donors (Lipinski definition) is 0. The molecule has 4 aromatic carbocycles. The summed E-state index contributed by atoms with van der Waals surface area (Å²) >= 11 is 8.95. The molecular formula is C44H53ClN2S. The molecule has 0 radical (unpaired) electrons. The minimum Gasteiger partial charge on any atom is -0.310 e. The summed E-state index contributed by atoms with van der Waals surface area (Å²) in [5.74, 6) is 0. The number of thiophene rings is 1. The molecule has 0 saturated heterocycles. The first-order valence-corrected chi connectivity index (χ1v) is 18.6. The topological polar surface area (TPSA) is 6.48 Å². The van der Waals surface area contributed by atoms with Crippen molar-refractivity contribution in [3.8, 4) is 0 Å². The van der Waals surface area contributed by atoms with Crippen molar-refractivity contribution in [1.29, 1.82) is 0 Å². The molecule has 0 bridgehead atoms. The maximum atomic E-state index is 7.10. The highest BCUT2D eigenvalue weighted by Crippen LogP contribution is 2.45. The van der Waals surface area contributed by atoms with E-state index in [1.807, 2.05) is 11.3 Å². The van der Waals surface area contributed by atoms with E-state index in [2.05, 4.69) is 182 Å². The summed E-state index contributed by atoms with van der Waals surface area (Å²) in [4.78, 5) is 6.17. The summed E-state index contributed by atoms with van der Waals surface area (Å²) in [6.45, 7) is 24.9. The normalized spacial score (nSPS) is 12.3. The molecule has 2 nitrogen and oxygen atoms in total. The predicted octanol–water partition coefficient (Wildman–Crippen LogP) is 14.4. The van der Waals surface area contributed by atoms with Gasteiger partial charge in [-0.3, -0.25) is 0 Å². The number of benzene rings is 4. The van der Waals surface area contributed by atoms with Crippen LogP contribution >= 0.6 is 22.9 Å². The van der Waals surface area contributed by atoms with Crippen molar-refractivity contribution >= 4 is 57.1 Å². The van der Waals surface area contributed by atoms with Gasteiger partial charge in [0.25, 0.3) is 0 Å². The van der Waals surface area contributed by atoms with E-state index >= 15 is 0 Å². The molecule has 0 spiro atoms. The third-order valence-electron chi connectivity index (χ3n) is 9.23. The number of anilines is 6. The number of hydrogen-bond acceptors (Lipinski definition) is 3. The Morgan fingerprint density at radius 1 is 0.500 bits per heavy atom. The van der Waals surface area contributed by atoms with E-state index in [4.69, 9.17) is 11.6 Å². The predicted molar refractivity (Wildman–Crippen MR) is 214 cm³/mol. The minimum atomic E-state index is 0.0683. The SMILES string of the molecule is CCc1scc(N(c2ccc(C(C)(C)C)cc2)c2cc(Cl)cc(N(c3ccc(C(C)(C)C)cc3)c3ccc(C(C)(C)C)cc3)c2)c1CC. The maximum absolute atomic E-state index is 7.10. The molecule has 5 rings (SSSR count). The number of nitrogens with zero attached hydrogens (tertiary/aromatic N) is 2. The van der Waals surface area contributed by atoms with Crippen LogP contribution in [0.4, 0.5) is 34.1 Å². The Hall–Kier alpha value is -3.53. The molecule has 252 valence electrons. The summed E-state index contributed by atoms with van der Waals surface area (Å²) in [5.41, 5.74) is 12.1. The van der Waals surface area contributed by atoms with E-state index < -0.39 is 0 Å². The van der Waals surface area contributed by atoms with Crippen molar-refractivity contribution in [2.45, 2.75) is 105 Å². The molecule has 0 unspecified atom stereocenters. The zero-order valence-corrected chi connectivity index (χ0v) is 32.4. The summed E-state index contributed by atoms with van der Waals surface area (Å²) in [6.07, 6.45) is 1.99. The first kappa shape index (κ1) is 35.8. The van der Waals surface area contributed by atoms with Crippen LogP contribution in [0.1, 0.15) is 103 Å². The highest BCUT2D eigenvalue weighted by atomic mass is 35.5. The zero-order valence-electron chi connectivity index (χ0n) is 30.8. The zero-order chi connectivity index (χ0) is 35.0. The van der Waals surface area contributed by atoms with Crippen LogP contribution in [0.5, 0.6) is 0 Å². The lowest BCUT2D eigenvalue weighted by atomic mass is 9.86. The monoisotopic (exact) mass is 676 g/mol. The average molecular weight is 677 g/mol. The van der Waals surface area contributed by atoms with Crippen LogP contribution in [0.15, 0.2) is 96.4 Å². The standard InChI is InChI=1S/C44H53ClN2S/c1-12-39-40(29-48-41(39)13-2)47(36-24-18-32(19-25-36)44(9,10)11)38-27-33(45)26-37(28-38)46(34-20-14-30(15-21-34)42(3,4)5)35-22-16-31(17-23-35)43(6,7)8/h14-29H,12-13H2,1-11H3. The summed E-state index contributed by atoms with van der Waals surface area (Å²) in [5, 5.41) is 3.02. The Kier molecular flexibility index (Phi) is 10.3. The van der Waals surface area contributed by atoms with Gasteiger partial charge in [0, 0.05) is 43.7 Å². The van der Waals surface area contributed by atoms with Gasteiger partial charge < -0.3 is 9.80 Å². The Labute approximate surface area is 299 Å². The first-order valence-electron chi connectivity index (χ1n) is 17.3. The fourth-order valence-corrected chi connectivity index (χ4v) is 7.58. The highest BCUT2D eigenvalue weighted by molar-refractivity contribution is 7.10. The van der Waals surface area contributed by atoms with Crippen molar-refractivity contribution in [1.82, 2.24) is 0 Å². The van der Waals surface area contributed by atoms with E-state index in [9.17, 15) is 0 Å². The van der Waals surface area contributed by atoms with Gasteiger partial charge in [0.2, 0.25) is 0 Å². The van der Waals surface area contributed by atoms with Crippen LogP contribution in [-0.2, 0) is 29.1 Å². The van der Waals surface area contributed by atoms with Crippen LogP contribution in [0.2, 0.25) is 5.02 Å². The van der Waals surface area contributed by atoms with Gasteiger partial charge in [-0.25, -0.2) is 0 Å². The average Bonchev–Trinajstić information content (AvgIpc) is 3.43. The van der Waals surface area contributed by atoms with Crippen molar-refractivity contribution in [3.05, 3.63) is 129 Å². The molecule has 0 aliphatic carbocycles. The second kappa shape index (κ2) is 13.8. The molecular weight excluding hydrogens is 624 g/mol. The second-order valence-corrected chi connectivity index (χ2v) is 17.4. The lowest BCUT2D eigenvalue weighted by Gasteiger charge is -2.31. The van der Waals surface area contributed by atoms with Gasteiger partial charge in [0.1, 0.15) is 0 Å². The first-order chi connectivity index (χ1) is 22.5. The number of halogens is 1. The quantitative estimate of drug-likeness (QED) is 0.161. The van der Waals surface area contributed by atoms with Gasteiger partial charge >= 0.3 is 0 Å². The maximum Gasteiger partial charge on any atom is 0.0603 e. The highest BCUT2D eigenvalue weighted by Gasteiger charge is 2.24. The van der Waals surface area contributed by atoms with E-state index in [1.54, 1.807) is 0 Å². The smallest absolute Gasteiger partial charge is 0.0603 e. The molecule has 1 heterocycles. The Morgan fingerprint density at radius 3 is 1.23 bits per heavy atom. The Morgan fingerprint density at radius 2 is 0.875 bits per heavy atom.